The van der Waals surface area contributed by atoms with E-state index in [-0.39, 0.29) is 73.4 Å². The lowest BCUT2D eigenvalue weighted by molar-refractivity contribution is -0.119. The molecule has 0 saturated heterocycles. The highest BCUT2D eigenvalue weighted by atomic mass is 16.6. The first kappa shape index (κ1) is 67.0. The summed E-state index contributed by atoms with van der Waals surface area (Å²) in [5.41, 5.74) is -6.58. The molecule has 3 N–H and O–H groups in total. The molecule has 0 saturated carbocycles. The van der Waals surface area contributed by atoms with Crippen LogP contribution in [-0.4, -0.2) is 174 Å². The van der Waals surface area contributed by atoms with Crippen LogP contribution in [0, 0.1) is 10.8 Å². The summed E-state index contributed by atoms with van der Waals surface area (Å²) in [6.07, 6.45) is 0. The molecule has 0 heterocycles. The summed E-state index contributed by atoms with van der Waals surface area (Å²) < 4.78 is 56.9. The topological polar surface area (TPSA) is 341 Å². The molecule has 0 bridgehead atoms. The maximum absolute atomic E-state index is 14.2. The number of carbonyl (C=O) groups excluding carboxylic acids is 11. The Morgan fingerprint density at radius 3 is 0.784 bits per heavy atom. The number of hydrogen-bond acceptors (Lipinski definition) is 24. The maximum Gasteiger partial charge on any atom is 0.339 e. The molecule has 6 aromatic carbocycles. The molecule has 0 radical (unpaired) electrons. The summed E-state index contributed by atoms with van der Waals surface area (Å²) in [6.45, 7) is -10.2. The van der Waals surface area contributed by atoms with E-state index in [9.17, 15) is 68.1 Å². The van der Waals surface area contributed by atoms with Gasteiger partial charge in [0.1, 0.15) is 52.9 Å². The molecule has 0 fully saturated rings. The number of aliphatic hydroxyl groups is 3. The van der Waals surface area contributed by atoms with E-state index in [1.54, 1.807) is 18.2 Å². The van der Waals surface area contributed by atoms with E-state index in [0.29, 0.717) is 0 Å². The van der Waals surface area contributed by atoms with Crippen molar-refractivity contribution in [1.29, 1.82) is 0 Å². The number of carbonyl (C=O) groups is 11. The Kier molecular flexibility index (Phi) is 24.7. The molecule has 0 aliphatic rings. The van der Waals surface area contributed by atoms with Crippen molar-refractivity contribution in [3.05, 3.63) is 212 Å². The molecule has 0 aliphatic carbocycles. The van der Waals surface area contributed by atoms with Gasteiger partial charge in [0.05, 0.1) is 103 Å². The number of esters is 8. The van der Waals surface area contributed by atoms with Crippen LogP contribution in [0.15, 0.2) is 146 Å². The molecule has 0 aliphatic heterocycles. The molecule has 88 heavy (non-hydrogen) atoms. The Morgan fingerprint density at radius 2 is 0.500 bits per heavy atom. The third-order valence-electron chi connectivity index (χ3n) is 13.3. The fourth-order valence-electron chi connectivity index (χ4n) is 8.67. The van der Waals surface area contributed by atoms with E-state index in [1.807, 2.05) is 0 Å². The number of benzene rings is 6. The molecule has 460 valence electrons. The van der Waals surface area contributed by atoms with Gasteiger partial charge in [0, 0.05) is 16.7 Å². The summed E-state index contributed by atoms with van der Waals surface area (Å²) in [4.78, 5) is 148. The zero-order valence-corrected chi connectivity index (χ0v) is 47.8. The average Bonchev–Trinajstić information content (AvgIpc) is 3.74. The van der Waals surface area contributed by atoms with Gasteiger partial charge in [0.2, 0.25) is 0 Å². The van der Waals surface area contributed by atoms with Crippen LogP contribution in [-0.2, 0) is 54.0 Å². The van der Waals surface area contributed by atoms with Gasteiger partial charge in [-0.3, -0.25) is 14.4 Å². The van der Waals surface area contributed by atoms with Crippen LogP contribution in [0.1, 0.15) is 120 Å². The molecule has 1 atom stereocenters. The minimum atomic E-state index is -2.14. The van der Waals surface area contributed by atoms with Gasteiger partial charge in [0.15, 0.2) is 17.3 Å². The van der Waals surface area contributed by atoms with E-state index in [2.05, 4.69) is 0 Å². The average molecular weight is 1210 g/mol. The summed E-state index contributed by atoms with van der Waals surface area (Å²) in [6, 6.07) is 32.8. The number of aliphatic hydroxyl groups excluding tert-OH is 3. The molecule has 6 rings (SSSR count). The van der Waals surface area contributed by atoms with Gasteiger partial charge in [-0.25, -0.2) is 38.4 Å². The molecule has 0 aromatic heterocycles. The standard InChI is InChI=1S/C64H60O24/c1-79-55(71)41-17-5-4-16-40(41)31-82-32-63(35-84-58(74)45-21-9-6-18-42(45)52(68)28-65,36-85-61(77)50-26-14-12-24-48(50)56(72)80-2)33-83-34-64(37-86-59(75)46-22-10-7-19-43(46)53(69)29-66,38-87-60(76)47-23-11-8-20-44(47)54(70)30-67)39-88-62(78)51-27-15-13-25-49(51)57(73)81-3/h4-27,65-67H,28-39H2,1-3H3. The lowest BCUT2D eigenvalue weighted by Gasteiger charge is -2.36. The van der Waals surface area contributed by atoms with Crippen molar-refractivity contribution in [3.63, 3.8) is 0 Å². The predicted molar refractivity (Wildman–Crippen MR) is 304 cm³/mol. The first-order chi connectivity index (χ1) is 42.4. The van der Waals surface area contributed by atoms with Gasteiger partial charge < -0.3 is 62.7 Å². The molecule has 24 nitrogen and oxygen atoms in total. The van der Waals surface area contributed by atoms with Crippen LogP contribution < -0.4 is 0 Å². The van der Waals surface area contributed by atoms with Crippen LogP contribution in [0.5, 0.6) is 0 Å². The minimum Gasteiger partial charge on any atom is -0.465 e. The molecule has 0 amide bonds. The second kappa shape index (κ2) is 32.4. The van der Waals surface area contributed by atoms with Crippen molar-refractivity contribution in [2.24, 2.45) is 10.8 Å². The second-order valence-electron chi connectivity index (χ2n) is 19.5. The largest absolute Gasteiger partial charge is 0.465 e. The predicted octanol–water partition coefficient (Wildman–Crippen LogP) is 5.36. The number of Topliss-reactive ketones (excluding diaryl/α,β-unsaturated/α-hetero) is 3. The van der Waals surface area contributed by atoms with Crippen LogP contribution in [0.2, 0.25) is 0 Å². The van der Waals surface area contributed by atoms with Gasteiger partial charge >= 0.3 is 47.8 Å². The van der Waals surface area contributed by atoms with E-state index in [4.69, 9.17) is 47.4 Å². The Balaban J connectivity index is 1.50. The van der Waals surface area contributed by atoms with Crippen LogP contribution in [0.4, 0.5) is 0 Å². The number of hydrogen-bond donors (Lipinski definition) is 3. The molecular weight excluding hydrogens is 1150 g/mol. The minimum absolute atomic E-state index is 0.0821. The molecule has 24 heteroatoms. The third-order valence-corrected chi connectivity index (χ3v) is 13.3. The first-order valence-electron chi connectivity index (χ1n) is 26.6. The first-order valence-corrected chi connectivity index (χ1v) is 26.6. The summed E-state index contributed by atoms with van der Waals surface area (Å²) in [5, 5.41) is 29.4. The van der Waals surface area contributed by atoms with E-state index < -0.39 is 149 Å². The van der Waals surface area contributed by atoms with Gasteiger partial charge in [-0.1, -0.05) is 97.1 Å². The van der Waals surface area contributed by atoms with E-state index >= 15 is 0 Å². The Bertz CT molecular complexity index is 3290. The smallest absolute Gasteiger partial charge is 0.339 e. The Labute approximate surface area is 502 Å². The number of ketones is 3. The van der Waals surface area contributed by atoms with Crippen molar-refractivity contribution in [3.8, 4) is 0 Å². The van der Waals surface area contributed by atoms with Gasteiger partial charge in [-0.2, -0.15) is 0 Å². The fraction of sp³-hybridized carbons (Fsp3) is 0.266. The van der Waals surface area contributed by atoms with Crippen molar-refractivity contribution in [2.75, 3.05) is 94.0 Å². The SMILES string of the molecule is COC(=O)c1ccccc1COCC(COCC(COC(=O)c1ccccc1C(=O)CO)(COC(=O)c1ccccc1C(=O)CO)COC(=O)c1ccccc1C(=O)OC)(COC(=O)c1ccccc1C(=O)CO)COC(=O)c1ccccc1C(=O)OC. The van der Waals surface area contributed by atoms with Crippen molar-refractivity contribution >= 4 is 65.1 Å². The zero-order valence-electron chi connectivity index (χ0n) is 47.8. The number of rotatable bonds is 32. The number of ether oxygens (including phenoxy) is 10. The van der Waals surface area contributed by atoms with Crippen LogP contribution >= 0.6 is 0 Å². The highest BCUT2D eigenvalue weighted by Crippen LogP contribution is 2.30. The van der Waals surface area contributed by atoms with Crippen LogP contribution in [0.3, 0.4) is 0 Å². The highest BCUT2D eigenvalue weighted by molar-refractivity contribution is 6.09. The molecule has 1 unspecified atom stereocenters. The van der Waals surface area contributed by atoms with Gasteiger partial charge in [-0.05, 0) is 54.1 Å². The number of methoxy groups -OCH3 is 3. The Morgan fingerprint density at radius 1 is 0.284 bits per heavy atom. The van der Waals surface area contributed by atoms with Gasteiger partial charge in [-0.15, -0.1) is 0 Å². The van der Waals surface area contributed by atoms with Gasteiger partial charge in [0.25, 0.3) is 0 Å². The van der Waals surface area contributed by atoms with Crippen molar-refractivity contribution in [1.82, 2.24) is 0 Å². The molecule has 0 spiro atoms. The van der Waals surface area contributed by atoms with E-state index in [1.165, 1.54) is 127 Å². The maximum atomic E-state index is 14.2. The summed E-state index contributed by atoms with van der Waals surface area (Å²) in [5.74, 6) is -11.1. The monoisotopic (exact) mass is 1210 g/mol. The molecular formula is C64H60O24. The van der Waals surface area contributed by atoms with Crippen molar-refractivity contribution < 1.29 is 115 Å². The zero-order chi connectivity index (χ0) is 63.8. The third kappa shape index (κ3) is 17.3. The lowest BCUT2D eigenvalue weighted by Crippen LogP contribution is -2.47. The normalized spacial score (nSPS) is 11.6. The highest BCUT2D eigenvalue weighted by Gasteiger charge is 2.42. The van der Waals surface area contributed by atoms with E-state index in [0.717, 1.165) is 21.3 Å². The molecule has 6 aromatic rings. The lowest BCUT2D eigenvalue weighted by atomic mass is 9.90. The second-order valence-corrected chi connectivity index (χ2v) is 19.5. The van der Waals surface area contributed by atoms with Crippen molar-refractivity contribution in [2.45, 2.75) is 6.61 Å². The summed E-state index contributed by atoms with van der Waals surface area (Å²) >= 11 is 0. The summed E-state index contributed by atoms with van der Waals surface area (Å²) in [7, 11) is 3.32. The fourth-order valence-corrected chi connectivity index (χ4v) is 8.67. The quantitative estimate of drug-likeness (QED) is 0.0272. The Hall–Kier alpha value is -10.1. The van der Waals surface area contributed by atoms with Crippen LogP contribution in [0.25, 0.3) is 0 Å².